The van der Waals surface area contributed by atoms with E-state index in [-0.39, 0.29) is 19.4 Å². The number of nitrogens with zero attached hydrogens (tertiary/aromatic N) is 1. The molecule has 0 unspecified atom stereocenters. The van der Waals surface area contributed by atoms with Gasteiger partial charge in [0.2, 0.25) is 0 Å². The molecule has 1 aliphatic heterocycles. The predicted molar refractivity (Wildman–Crippen MR) is 111 cm³/mol. The monoisotopic (exact) mass is 486 g/mol. The third kappa shape index (κ3) is 4.43. The van der Waals surface area contributed by atoms with Crippen LogP contribution in [0.1, 0.15) is 12.0 Å². The predicted octanol–water partition coefficient (Wildman–Crippen LogP) is 4.42. The second-order valence-corrected chi connectivity index (χ2v) is 8.49. The lowest BCUT2D eigenvalue weighted by molar-refractivity contribution is -0.148. The first kappa shape index (κ1) is 20.9. The Morgan fingerprint density at radius 2 is 1.79 bits per heavy atom. The lowest BCUT2D eigenvalue weighted by Gasteiger charge is -2.34. The fraction of sp³-hybridized carbons (Fsp3) is 0.263. The first-order valence-electron chi connectivity index (χ1n) is 8.40. The van der Waals surface area contributed by atoms with Crippen LogP contribution in [0, 0.1) is 0 Å². The number of anilines is 1. The minimum Gasteiger partial charge on any atom is -0.479 e. The molecule has 148 valence electrons. The summed E-state index contributed by atoms with van der Waals surface area (Å²) in [5, 5.41) is 23.5. The standard InChI is InChI=1S/C19H17BrCl2N2O4/c20-12-3-1-11(2-4-12)8-19(17(26)27)9-16(25)10-24(19)18(28)23-15-6-13(21)5-14(22)7-15/h1-7,16,25H,8-10H2,(H,23,28)(H,26,27)/t16-,19+/m1/s1. The van der Waals surface area contributed by atoms with Gasteiger partial charge in [-0.05, 0) is 35.9 Å². The van der Waals surface area contributed by atoms with Crippen molar-refractivity contribution in [3.05, 3.63) is 62.5 Å². The fourth-order valence-electron chi connectivity index (χ4n) is 3.43. The van der Waals surface area contributed by atoms with Gasteiger partial charge in [0, 0.05) is 39.6 Å². The molecule has 2 aromatic rings. The van der Waals surface area contributed by atoms with Crippen LogP contribution >= 0.6 is 39.1 Å². The van der Waals surface area contributed by atoms with E-state index in [1.54, 1.807) is 24.3 Å². The van der Waals surface area contributed by atoms with Crippen LogP contribution in [-0.2, 0) is 11.2 Å². The highest BCUT2D eigenvalue weighted by Crippen LogP contribution is 2.35. The van der Waals surface area contributed by atoms with Crippen molar-refractivity contribution in [2.45, 2.75) is 24.5 Å². The first-order valence-corrected chi connectivity index (χ1v) is 9.95. The fourth-order valence-corrected chi connectivity index (χ4v) is 4.22. The van der Waals surface area contributed by atoms with Gasteiger partial charge in [0.05, 0.1) is 6.10 Å². The highest BCUT2D eigenvalue weighted by atomic mass is 79.9. The van der Waals surface area contributed by atoms with Crippen LogP contribution in [-0.4, -0.2) is 45.3 Å². The van der Waals surface area contributed by atoms with Gasteiger partial charge in [-0.3, -0.25) is 0 Å². The molecule has 1 heterocycles. The number of likely N-dealkylation sites (tertiary alicyclic amines) is 1. The number of rotatable bonds is 4. The normalized spacial score (nSPS) is 21.6. The zero-order chi connectivity index (χ0) is 20.5. The molecule has 2 atom stereocenters. The molecule has 3 N–H and O–H groups in total. The Morgan fingerprint density at radius 3 is 2.36 bits per heavy atom. The summed E-state index contributed by atoms with van der Waals surface area (Å²) in [6.45, 7) is -0.0943. The number of carbonyl (C=O) groups excluding carboxylic acids is 1. The minimum atomic E-state index is -1.57. The van der Waals surface area contributed by atoms with Crippen molar-refractivity contribution in [1.29, 1.82) is 0 Å². The summed E-state index contributed by atoms with van der Waals surface area (Å²) in [5.74, 6) is -1.17. The maximum absolute atomic E-state index is 12.9. The Morgan fingerprint density at radius 1 is 1.18 bits per heavy atom. The molecular formula is C19H17BrCl2N2O4. The van der Waals surface area contributed by atoms with Gasteiger partial charge in [-0.2, -0.15) is 0 Å². The number of carboxylic acid groups (broad SMARTS) is 1. The average molecular weight is 488 g/mol. The van der Waals surface area contributed by atoms with E-state index in [0.717, 1.165) is 14.9 Å². The molecule has 28 heavy (non-hydrogen) atoms. The van der Waals surface area contributed by atoms with Gasteiger partial charge in [0.25, 0.3) is 0 Å². The van der Waals surface area contributed by atoms with Crippen molar-refractivity contribution in [3.8, 4) is 0 Å². The number of carbonyl (C=O) groups is 2. The van der Waals surface area contributed by atoms with Crippen LogP contribution in [0.4, 0.5) is 10.5 Å². The van der Waals surface area contributed by atoms with Crippen molar-refractivity contribution in [1.82, 2.24) is 4.90 Å². The molecule has 9 heteroatoms. The number of halogens is 3. The molecule has 1 aliphatic rings. The number of carboxylic acids is 1. The Labute approximate surface area is 180 Å². The topological polar surface area (TPSA) is 89.9 Å². The Kier molecular flexibility index (Phi) is 6.19. The van der Waals surface area contributed by atoms with E-state index < -0.39 is 23.6 Å². The number of aliphatic hydroxyl groups is 1. The molecule has 2 aromatic carbocycles. The third-order valence-corrected chi connectivity index (χ3v) is 5.62. The number of aliphatic hydroxyl groups excluding tert-OH is 1. The van der Waals surface area contributed by atoms with Gasteiger partial charge >= 0.3 is 12.0 Å². The summed E-state index contributed by atoms with van der Waals surface area (Å²) in [5.41, 5.74) is -0.491. The van der Waals surface area contributed by atoms with Crippen molar-refractivity contribution < 1.29 is 19.8 Å². The molecule has 3 rings (SSSR count). The quantitative estimate of drug-likeness (QED) is 0.595. The third-order valence-electron chi connectivity index (χ3n) is 4.65. The molecule has 0 saturated carbocycles. The van der Waals surface area contributed by atoms with Gasteiger partial charge in [0.1, 0.15) is 5.54 Å². The second kappa shape index (κ2) is 8.29. The smallest absolute Gasteiger partial charge is 0.330 e. The SMILES string of the molecule is O=C(Nc1cc(Cl)cc(Cl)c1)N1C[C@H](O)C[C@@]1(Cc1ccc(Br)cc1)C(=O)O. The van der Waals surface area contributed by atoms with Crippen LogP contribution in [0.25, 0.3) is 0 Å². The van der Waals surface area contributed by atoms with E-state index in [0.29, 0.717) is 15.7 Å². The van der Waals surface area contributed by atoms with Crippen molar-refractivity contribution >= 4 is 56.8 Å². The molecule has 0 spiro atoms. The summed E-state index contributed by atoms with van der Waals surface area (Å²) < 4.78 is 0.861. The number of hydrogen-bond donors (Lipinski definition) is 3. The summed E-state index contributed by atoms with van der Waals surface area (Å²) in [6, 6.07) is 11.1. The Hall–Kier alpha value is -1.80. The first-order chi connectivity index (χ1) is 13.2. The maximum atomic E-state index is 12.9. The van der Waals surface area contributed by atoms with E-state index >= 15 is 0 Å². The van der Waals surface area contributed by atoms with Crippen molar-refractivity contribution in [2.75, 3.05) is 11.9 Å². The van der Waals surface area contributed by atoms with Gasteiger partial charge in [-0.25, -0.2) is 9.59 Å². The summed E-state index contributed by atoms with van der Waals surface area (Å²) in [7, 11) is 0. The Balaban J connectivity index is 1.90. The van der Waals surface area contributed by atoms with E-state index in [1.807, 2.05) is 0 Å². The number of hydrogen-bond acceptors (Lipinski definition) is 3. The molecule has 6 nitrogen and oxygen atoms in total. The maximum Gasteiger partial charge on any atom is 0.330 e. The lowest BCUT2D eigenvalue weighted by Crippen LogP contribution is -2.55. The van der Waals surface area contributed by atoms with Gasteiger partial charge < -0.3 is 20.4 Å². The molecule has 2 amide bonds. The van der Waals surface area contributed by atoms with Crippen LogP contribution in [0.15, 0.2) is 46.9 Å². The number of benzene rings is 2. The second-order valence-electron chi connectivity index (χ2n) is 6.70. The van der Waals surface area contributed by atoms with Crippen LogP contribution in [0.5, 0.6) is 0 Å². The molecule has 1 fully saturated rings. The minimum absolute atomic E-state index is 0.0659. The van der Waals surface area contributed by atoms with Gasteiger partial charge in [-0.1, -0.05) is 51.3 Å². The van der Waals surface area contributed by atoms with Crippen molar-refractivity contribution in [2.24, 2.45) is 0 Å². The molecule has 0 aliphatic carbocycles. The highest BCUT2D eigenvalue weighted by Gasteiger charge is 2.53. The Bertz CT molecular complexity index is 889. The number of aliphatic carboxylic acids is 1. The van der Waals surface area contributed by atoms with Crippen LogP contribution < -0.4 is 5.32 Å². The average Bonchev–Trinajstić information content (AvgIpc) is 2.94. The number of urea groups is 1. The van der Waals surface area contributed by atoms with E-state index in [4.69, 9.17) is 23.2 Å². The molecule has 0 radical (unpaired) electrons. The van der Waals surface area contributed by atoms with Crippen LogP contribution in [0.3, 0.4) is 0 Å². The molecule has 0 bridgehead atoms. The highest BCUT2D eigenvalue weighted by molar-refractivity contribution is 9.10. The largest absolute Gasteiger partial charge is 0.479 e. The molecule has 1 saturated heterocycles. The van der Waals surface area contributed by atoms with Gasteiger partial charge in [-0.15, -0.1) is 0 Å². The molecular weight excluding hydrogens is 471 g/mol. The zero-order valence-corrected chi connectivity index (χ0v) is 17.6. The summed E-state index contributed by atoms with van der Waals surface area (Å²) in [6.07, 6.45) is -0.946. The van der Waals surface area contributed by atoms with Crippen molar-refractivity contribution in [3.63, 3.8) is 0 Å². The number of β-amino-alcohol motifs (C(OH)–C–C–N with tert-alkyl or cyclic N) is 1. The number of nitrogens with one attached hydrogen (secondary N) is 1. The lowest BCUT2D eigenvalue weighted by atomic mass is 9.87. The van der Waals surface area contributed by atoms with E-state index in [9.17, 15) is 19.8 Å². The number of amides is 2. The molecule has 0 aromatic heterocycles. The van der Waals surface area contributed by atoms with E-state index in [1.165, 1.54) is 18.2 Å². The van der Waals surface area contributed by atoms with Crippen LogP contribution in [0.2, 0.25) is 10.0 Å². The summed E-state index contributed by atoms with van der Waals surface area (Å²) in [4.78, 5) is 26.3. The zero-order valence-electron chi connectivity index (χ0n) is 14.5. The van der Waals surface area contributed by atoms with Gasteiger partial charge in [0.15, 0.2) is 0 Å². The van der Waals surface area contributed by atoms with E-state index in [2.05, 4.69) is 21.2 Å². The summed E-state index contributed by atoms with van der Waals surface area (Å²) >= 11 is 15.3.